The van der Waals surface area contributed by atoms with Crippen molar-refractivity contribution in [1.29, 1.82) is 0 Å². The Morgan fingerprint density at radius 2 is 1.91 bits per heavy atom. The lowest BCUT2D eigenvalue weighted by molar-refractivity contribution is 0.0951. The van der Waals surface area contributed by atoms with Crippen molar-refractivity contribution in [2.45, 2.75) is 59.5 Å². The molecular formula is C27H36N4O2. The molecule has 1 atom stereocenters. The number of hydrogen-bond acceptors (Lipinski definition) is 3. The van der Waals surface area contributed by atoms with Crippen LogP contribution < -0.4 is 10.9 Å². The Morgan fingerprint density at radius 1 is 1.21 bits per heavy atom. The number of benzene rings is 1. The van der Waals surface area contributed by atoms with E-state index < -0.39 is 0 Å². The third-order valence-corrected chi connectivity index (χ3v) is 7.41. The standard InChI is InChI=1S/C27H36N4O2/c1-6-20-15-17(2)29-26(32)23(20)16-28-27(33)25-19(4)31(24-10-8-7-9-22(24)25)18(3)21-11-13-30(5)14-12-21/h7-10,15,18,21H,6,11-14,16H2,1-5H3,(H,28,33)(H,29,32)/t18-/m0/s1. The molecule has 1 amide bonds. The van der Waals surface area contributed by atoms with Crippen LogP contribution in [0.3, 0.4) is 0 Å². The molecule has 33 heavy (non-hydrogen) atoms. The summed E-state index contributed by atoms with van der Waals surface area (Å²) in [5, 5.41) is 4.01. The second kappa shape index (κ2) is 9.56. The molecule has 3 heterocycles. The van der Waals surface area contributed by atoms with Gasteiger partial charge in [-0.1, -0.05) is 25.1 Å². The maximum absolute atomic E-state index is 13.4. The predicted molar refractivity (Wildman–Crippen MR) is 134 cm³/mol. The summed E-state index contributed by atoms with van der Waals surface area (Å²) < 4.78 is 2.36. The number of carbonyl (C=O) groups excluding carboxylic acids is 1. The topological polar surface area (TPSA) is 70.1 Å². The van der Waals surface area contributed by atoms with E-state index in [0.717, 1.165) is 47.4 Å². The number of nitrogens with zero attached hydrogens (tertiary/aromatic N) is 2. The molecule has 3 aromatic rings. The van der Waals surface area contributed by atoms with Crippen molar-refractivity contribution in [3.05, 3.63) is 68.8 Å². The summed E-state index contributed by atoms with van der Waals surface area (Å²) in [5.74, 6) is 0.463. The van der Waals surface area contributed by atoms with E-state index in [4.69, 9.17) is 0 Å². The average Bonchev–Trinajstić information content (AvgIpc) is 3.09. The summed E-state index contributed by atoms with van der Waals surface area (Å²) in [7, 11) is 2.18. The van der Waals surface area contributed by atoms with Crippen molar-refractivity contribution in [2.24, 2.45) is 5.92 Å². The third-order valence-electron chi connectivity index (χ3n) is 7.41. The first-order valence-electron chi connectivity index (χ1n) is 12.1. The lowest BCUT2D eigenvalue weighted by Gasteiger charge is -2.34. The SMILES string of the molecule is CCc1cc(C)[nH]c(=O)c1CNC(=O)c1c(C)n([C@@H](C)C2CCN(C)CC2)c2ccccc12. The second-order valence-corrected chi connectivity index (χ2v) is 9.55. The number of aromatic amines is 1. The minimum absolute atomic E-state index is 0.123. The number of amides is 1. The van der Waals surface area contributed by atoms with Crippen LogP contribution in [0.15, 0.2) is 35.1 Å². The van der Waals surface area contributed by atoms with Gasteiger partial charge in [0.15, 0.2) is 0 Å². The first-order valence-corrected chi connectivity index (χ1v) is 12.1. The van der Waals surface area contributed by atoms with Crippen LogP contribution >= 0.6 is 0 Å². The van der Waals surface area contributed by atoms with E-state index in [0.29, 0.717) is 23.1 Å². The van der Waals surface area contributed by atoms with Crippen LogP contribution in [-0.4, -0.2) is 40.5 Å². The summed E-state index contributed by atoms with van der Waals surface area (Å²) in [6.07, 6.45) is 3.09. The molecular weight excluding hydrogens is 412 g/mol. The third kappa shape index (κ3) is 4.49. The van der Waals surface area contributed by atoms with E-state index in [2.05, 4.69) is 46.7 Å². The number of carbonyl (C=O) groups is 1. The van der Waals surface area contributed by atoms with Gasteiger partial charge in [-0.3, -0.25) is 9.59 Å². The number of pyridine rings is 1. The Kier molecular flexibility index (Phi) is 6.75. The first kappa shape index (κ1) is 23.3. The normalized spacial score (nSPS) is 16.3. The highest BCUT2D eigenvalue weighted by atomic mass is 16.2. The molecule has 6 nitrogen and oxygen atoms in total. The number of likely N-dealkylation sites (tertiary alicyclic amines) is 1. The molecule has 6 heteroatoms. The molecule has 0 radical (unpaired) electrons. The van der Waals surface area contributed by atoms with E-state index in [1.165, 1.54) is 12.8 Å². The van der Waals surface area contributed by atoms with E-state index in [1.54, 1.807) is 0 Å². The molecule has 2 aromatic heterocycles. The van der Waals surface area contributed by atoms with Gasteiger partial charge in [0, 0.05) is 40.4 Å². The number of fused-ring (bicyclic) bond motifs is 1. The zero-order valence-electron chi connectivity index (χ0n) is 20.5. The molecule has 0 bridgehead atoms. The molecule has 176 valence electrons. The maximum Gasteiger partial charge on any atom is 0.254 e. The van der Waals surface area contributed by atoms with Gasteiger partial charge < -0.3 is 19.8 Å². The molecule has 1 aliphatic rings. The van der Waals surface area contributed by atoms with Gasteiger partial charge >= 0.3 is 0 Å². The molecule has 2 N–H and O–H groups in total. The van der Waals surface area contributed by atoms with Crippen molar-refractivity contribution in [3.8, 4) is 0 Å². The molecule has 0 spiro atoms. The van der Waals surface area contributed by atoms with Crippen LogP contribution in [-0.2, 0) is 13.0 Å². The Labute approximate surface area is 196 Å². The first-order chi connectivity index (χ1) is 15.8. The zero-order chi connectivity index (χ0) is 23.7. The number of nitrogens with one attached hydrogen (secondary N) is 2. The lowest BCUT2D eigenvalue weighted by atomic mass is 9.90. The van der Waals surface area contributed by atoms with Gasteiger partial charge in [0.2, 0.25) is 0 Å². The van der Waals surface area contributed by atoms with E-state index in [-0.39, 0.29) is 18.0 Å². The van der Waals surface area contributed by atoms with Crippen molar-refractivity contribution in [3.63, 3.8) is 0 Å². The Balaban J connectivity index is 1.65. The number of aromatic nitrogens is 2. The van der Waals surface area contributed by atoms with Gasteiger partial charge in [-0.15, -0.1) is 0 Å². The summed E-state index contributed by atoms with van der Waals surface area (Å²) in [4.78, 5) is 31.2. The largest absolute Gasteiger partial charge is 0.348 e. The second-order valence-electron chi connectivity index (χ2n) is 9.55. The molecule has 0 saturated carbocycles. The van der Waals surface area contributed by atoms with Gasteiger partial charge in [-0.25, -0.2) is 0 Å². The van der Waals surface area contributed by atoms with Crippen LogP contribution in [0.2, 0.25) is 0 Å². The van der Waals surface area contributed by atoms with E-state index >= 15 is 0 Å². The molecule has 1 saturated heterocycles. The van der Waals surface area contributed by atoms with Crippen LogP contribution in [0.5, 0.6) is 0 Å². The van der Waals surface area contributed by atoms with Crippen molar-refractivity contribution < 1.29 is 4.79 Å². The van der Waals surface area contributed by atoms with Crippen molar-refractivity contribution in [2.75, 3.05) is 20.1 Å². The highest BCUT2D eigenvalue weighted by Crippen LogP contribution is 2.35. The van der Waals surface area contributed by atoms with Crippen LogP contribution in [0, 0.1) is 19.8 Å². The van der Waals surface area contributed by atoms with Gasteiger partial charge in [0.05, 0.1) is 5.56 Å². The minimum atomic E-state index is -0.125. The Bertz CT molecular complexity index is 1210. The van der Waals surface area contributed by atoms with Crippen molar-refractivity contribution in [1.82, 2.24) is 19.8 Å². The molecule has 1 aromatic carbocycles. The Morgan fingerprint density at radius 3 is 2.61 bits per heavy atom. The highest BCUT2D eigenvalue weighted by Gasteiger charge is 2.28. The number of aryl methyl sites for hydroxylation is 2. The van der Waals surface area contributed by atoms with Crippen LogP contribution in [0.4, 0.5) is 0 Å². The van der Waals surface area contributed by atoms with Gasteiger partial charge in [-0.2, -0.15) is 0 Å². The Hall–Kier alpha value is -2.86. The average molecular weight is 449 g/mol. The number of piperidine rings is 1. The monoisotopic (exact) mass is 448 g/mol. The zero-order valence-corrected chi connectivity index (χ0v) is 20.5. The van der Waals surface area contributed by atoms with Gasteiger partial charge in [0.25, 0.3) is 11.5 Å². The lowest BCUT2D eigenvalue weighted by Crippen LogP contribution is -2.33. The molecule has 1 aliphatic heterocycles. The summed E-state index contributed by atoms with van der Waals surface area (Å²) in [6.45, 7) is 10.7. The smallest absolute Gasteiger partial charge is 0.254 e. The predicted octanol–water partition coefficient (Wildman–Crippen LogP) is 4.34. The molecule has 0 unspecified atom stereocenters. The number of para-hydroxylation sites is 1. The van der Waals surface area contributed by atoms with E-state index in [1.807, 2.05) is 38.1 Å². The number of hydrogen-bond donors (Lipinski definition) is 2. The maximum atomic E-state index is 13.4. The minimum Gasteiger partial charge on any atom is -0.348 e. The van der Waals surface area contributed by atoms with E-state index in [9.17, 15) is 9.59 Å². The fourth-order valence-electron chi connectivity index (χ4n) is 5.48. The molecule has 4 rings (SSSR count). The van der Waals surface area contributed by atoms with Gasteiger partial charge in [-0.05, 0) is 83.8 Å². The number of H-pyrrole nitrogens is 1. The summed E-state index contributed by atoms with van der Waals surface area (Å²) in [5.41, 5.74) is 5.15. The van der Waals surface area contributed by atoms with Crippen LogP contribution in [0.1, 0.15) is 65.6 Å². The molecule has 1 fully saturated rings. The van der Waals surface area contributed by atoms with Crippen LogP contribution in [0.25, 0.3) is 10.9 Å². The summed E-state index contributed by atoms with van der Waals surface area (Å²) in [6, 6.07) is 10.5. The quantitative estimate of drug-likeness (QED) is 0.589. The van der Waals surface area contributed by atoms with Gasteiger partial charge in [0.1, 0.15) is 0 Å². The fourth-order valence-corrected chi connectivity index (χ4v) is 5.48. The van der Waals surface area contributed by atoms with Crippen molar-refractivity contribution >= 4 is 16.8 Å². The summed E-state index contributed by atoms with van der Waals surface area (Å²) >= 11 is 0. The number of rotatable bonds is 6. The highest BCUT2D eigenvalue weighted by molar-refractivity contribution is 6.08. The molecule has 0 aliphatic carbocycles. The fraction of sp³-hybridized carbons (Fsp3) is 0.481.